The molecule has 0 nitrogen and oxygen atoms in total. The third-order valence-corrected chi connectivity index (χ3v) is 7.16. The summed E-state index contributed by atoms with van der Waals surface area (Å²) >= 11 is 2.06. The molecule has 1 rings (SSSR count). The lowest BCUT2D eigenvalue weighted by Crippen LogP contribution is -1.91. The average molecular weight is 132 g/mol. The number of hydrogen-bond donors (Lipinski definition) is 0. The van der Waals surface area contributed by atoms with Crippen molar-refractivity contribution in [1.29, 1.82) is 0 Å². The lowest BCUT2D eigenvalue weighted by atomic mass is 9.93. The highest BCUT2D eigenvalue weighted by atomic mass is 32.7. The van der Waals surface area contributed by atoms with Gasteiger partial charge in [0.1, 0.15) is 0 Å². The standard InChI is InChI=1S/C4H10BPS/c1-4(2)5-6(4)7-3/h5H,1-3H3. The molecule has 0 spiro atoms. The van der Waals surface area contributed by atoms with E-state index in [-0.39, 0.29) is 0 Å². The summed E-state index contributed by atoms with van der Waals surface area (Å²) in [5, 5.41) is 0.745. The first-order valence-corrected chi connectivity index (χ1v) is 5.84. The van der Waals surface area contributed by atoms with Crippen molar-refractivity contribution < 1.29 is 0 Å². The molecule has 0 saturated carbocycles. The lowest BCUT2D eigenvalue weighted by molar-refractivity contribution is 1.04. The molecule has 0 aromatic rings. The van der Waals surface area contributed by atoms with E-state index in [4.69, 9.17) is 0 Å². The molecule has 1 aliphatic heterocycles. The quantitative estimate of drug-likeness (QED) is 0.387. The number of rotatable bonds is 1. The Morgan fingerprint density at radius 3 is 2.00 bits per heavy atom. The maximum Gasteiger partial charge on any atom is 0.176 e. The van der Waals surface area contributed by atoms with E-state index >= 15 is 0 Å². The normalized spacial score (nSPS) is 34.4. The van der Waals surface area contributed by atoms with E-state index in [1.807, 2.05) is 0 Å². The topological polar surface area (TPSA) is 0 Å². The molecular weight excluding hydrogens is 122 g/mol. The predicted molar refractivity (Wildman–Crippen MR) is 41.7 cm³/mol. The minimum absolute atomic E-state index is 0.425. The summed E-state index contributed by atoms with van der Waals surface area (Å²) in [6.07, 6.45) is 2.22. The summed E-state index contributed by atoms with van der Waals surface area (Å²) in [7, 11) is 0.425. The Labute approximate surface area is 51.1 Å². The molecule has 0 amide bonds. The van der Waals surface area contributed by atoms with Crippen LogP contribution in [0.5, 0.6) is 0 Å². The SMILES string of the molecule is CSP1BC1(C)C. The zero-order valence-electron chi connectivity index (χ0n) is 5.06. The lowest BCUT2D eigenvalue weighted by Gasteiger charge is -1.97. The van der Waals surface area contributed by atoms with Gasteiger partial charge in [-0.15, -0.1) is 11.4 Å². The molecule has 1 atom stereocenters. The fourth-order valence-electron chi connectivity index (χ4n) is 0.628. The first kappa shape index (κ1) is 5.97. The fraction of sp³-hybridized carbons (Fsp3) is 1.00. The molecule has 1 fully saturated rings. The van der Waals surface area contributed by atoms with Crippen molar-refractivity contribution in [2.75, 3.05) is 6.26 Å². The molecule has 1 heterocycles. The predicted octanol–water partition coefficient (Wildman–Crippen LogP) is 1.85. The van der Waals surface area contributed by atoms with Crippen LogP contribution in [0.3, 0.4) is 0 Å². The highest BCUT2D eigenvalue weighted by molar-refractivity contribution is 8.68. The zero-order valence-corrected chi connectivity index (χ0v) is 6.77. The molecule has 1 unspecified atom stereocenters. The second-order valence-electron chi connectivity index (χ2n) is 2.53. The van der Waals surface area contributed by atoms with Gasteiger partial charge in [0.15, 0.2) is 7.00 Å². The molecule has 0 aromatic carbocycles. The van der Waals surface area contributed by atoms with Gasteiger partial charge in [-0.05, 0) is 11.3 Å². The molecule has 0 bridgehead atoms. The number of hydrogen-bond acceptors (Lipinski definition) is 1. The summed E-state index contributed by atoms with van der Waals surface area (Å²) in [4.78, 5) is 0. The molecule has 0 N–H and O–H groups in total. The van der Waals surface area contributed by atoms with Crippen molar-refractivity contribution in [2.24, 2.45) is 0 Å². The van der Waals surface area contributed by atoms with Crippen LogP contribution in [0.25, 0.3) is 0 Å². The maximum absolute atomic E-state index is 2.36. The summed E-state index contributed by atoms with van der Waals surface area (Å²) in [6, 6.07) is 0. The second-order valence-corrected chi connectivity index (χ2v) is 7.60. The Morgan fingerprint density at radius 2 is 2.00 bits per heavy atom. The van der Waals surface area contributed by atoms with E-state index in [2.05, 4.69) is 31.5 Å². The summed E-state index contributed by atoms with van der Waals surface area (Å²) < 4.78 is 0. The Balaban J connectivity index is 2.30. The molecular formula is C4H10BPS. The van der Waals surface area contributed by atoms with Gasteiger partial charge in [0.05, 0.1) is 0 Å². The van der Waals surface area contributed by atoms with Crippen LogP contribution in [0, 0.1) is 0 Å². The molecule has 0 aliphatic carbocycles. The van der Waals surface area contributed by atoms with E-state index < -0.39 is 0 Å². The van der Waals surface area contributed by atoms with Crippen LogP contribution in [-0.4, -0.2) is 18.3 Å². The smallest absolute Gasteiger partial charge is 0.148 e. The van der Waals surface area contributed by atoms with Crippen LogP contribution >= 0.6 is 18.4 Å². The van der Waals surface area contributed by atoms with E-state index in [1.54, 1.807) is 0 Å². The molecule has 40 valence electrons. The highest BCUT2D eigenvalue weighted by Crippen LogP contribution is 2.72. The van der Waals surface area contributed by atoms with Crippen molar-refractivity contribution >= 4 is 25.4 Å². The van der Waals surface area contributed by atoms with E-state index in [0.717, 1.165) is 5.06 Å². The molecule has 0 aromatic heterocycles. The van der Waals surface area contributed by atoms with Crippen LogP contribution in [0.4, 0.5) is 0 Å². The summed E-state index contributed by atoms with van der Waals surface area (Å²) in [6.45, 7) is 6.20. The van der Waals surface area contributed by atoms with Crippen molar-refractivity contribution in [1.82, 2.24) is 0 Å². The molecule has 3 heteroatoms. The van der Waals surface area contributed by atoms with Crippen LogP contribution < -0.4 is 0 Å². The van der Waals surface area contributed by atoms with Gasteiger partial charge < -0.3 is 0 Å². The fourth-order valence-corrected chi connectivity index (χ4v) is 5.22. The first-order chi connectivity index (χ1) is 3.17. The Morgan fingerprint density at radius 1 is 1.57 bits per heavy atom. The summed E-state index contributed by atoms with van der Waals surface area (Å²) in [5.74, 6) is 0. The highest BCUT2D eigenvalue weighted by Gasteiger charge is 2.46. The van der Waals surface area contributed by atoms with Crippen molar-refractivity contribution in [2.45, 2.75) is 18.9 Å². The third kappa shape index (κ3) is 1.15. The molecule has 1 saturated heterocycles. The van der Waals surface area contributed by atoms with Crippen molar-refractivity contribution in [3.63, 3.8) is 0 Å². The molecule has 7 heavy (non-hydrogen) atoms. The van der Waals surface area contributed by atoms with Gasteiger partial charge in [-0.3, -0.25) is 0 Å². The van der Waals surface area contributed by atoms with Gasteiger partial charge in [-0.1, -0.05) is 20.8 Å². The summed E-state index contributed by atoms with van der Waals surface area (Å²) in [5.41, 5.74) is 0. The van der Waals surface area contributed by atoms with Gasteiger partial charge in [-0.2, -0.15) is 0 Å². The monoisotopic (exact) mass is 132 g/mol. The van der Waals surface area contributed by atoms with Gasteiger partial charge in [0.2, 0.25) is 0 Å². The van der Waals surface area contributed by atoms with E-state index in [0.29, 0.717) is 7.00 Å². The Hall–Kier alpha value is 0.845. The van der Waals surface area contributed by atoms with Crippen LogP contribution in [0.2, 0.25) is 0 Å². The van der Waals surface area contributed by atoms with Gasteiger partial charge in [-0.25, -0.2) is 0 Å². The van der Waals surface area contributed by atoms with Crippen LogP contribution in [-0.2, 0) is 0 Å². The van der Waals surface area contributed by atoms with E-state index in [9.17, 15) is 0 Å². The largest absolute Gasteiger partial charge is 0.176 e. The van der Waals surface area contributed by atoms with Crippen molar-refractivity contribution in [3.05, 3.63) is 0 Å². The van der Waals surface area contributed by atoms with Gasteiger partial charge >= 0.3 is 0 Å². The average Bonchev–Trinajstić information content (AvgIpc) is 2.13. The Bertz CT molecular complexity index is 83.8. The molecule has 1 aliphatic rings. The van der Waals surface area contributed by atoms with Gasteiger partial charge in [0.25, 0.3) is 0 Å². The minimum atomic E-state index is 0.425. The minimum Gasteiger partial charge on any atom is -0.148 e. The van der Waals surface area contributed by atoms with Crippen molar-refractivity contribution in [3.8, 4) is 0 Å². The third-order valence-electron chi connectivity index (χ3n) is 1.32. The molecule has 0 radical (unpaired) electrons. The first-order valence-electron chi connectivity index (χ1n) is 2.48. The maximum atomic E-state index is 2.36. The van der Waals surface area contributed by atoms with Crippen LogP contribution in [0.15, 0.2) is 0 Å². The van der Waals surface area contributed by atoms with E-state index in [1.165, 1.54) is 7.00 Å². The van der Waals surface area contributed by atoms with Gasteiger partial charge in [0, 0.05) is 0 Å². The Kier molecular flexibility index (Phi) is 1.42. The van der Waals surface area contributed by atoms with Crippen LogP contribution in [0.1, 0.15) is 13.8 Å². The second kappa shape index (κ2) is 1.67. The zero-order chi connectivity index (χ0) is 5.49.